The van der Waals surface area contributed by atoms with E-state index in [1.165, 1.54) is 0 Å². The molecule has 1 nitrogen and oxygen atoms in total. The van der Waals surface area contributed by atoms with Gasteiger partial charge in [-0.05, 0) is 0 Å². The second-order valence-electron chi connectivity index (χ2n) is 1.11. The molecule has 0 aromatic carbocycles. The summed E-state index contributed by atoms with van der Waals surface area (Å²) in [5.41, 5.74) is 0. The summed E-state index contributed by atoms with van der Waals surface area (Å²) >= 11 is 5.27. The van der Waals surface area contributed by atoms with E-state index in [2.05, 4.69) is 0 Å². The van der Waals surface area contributed by atoms with Gasteiger partial charge in [-0.3, -0.25) is 0 Å². The predicted octanol–water partition coefficient (Wildman–Crippen LogP) is 0.243. The zero-order valence-electron chi connectivity index (χ0n) is 3.48. The summed E-state index contributed by atoms with van der Waals surface area (Å²) in [5, 5.41) is 0. The van der Waals surface area contributed by atoms with Crippen LogP contribution in [0.15, 0.2) is 0 Å². The Hall–Kier alpha value is 1.02. The Labute approximate surface area is 58.2 Å². The molecule has 0 amide bonds. The average Bonchev–Trinajstić information content (AvgIpc) is 2.12. The molecule has 1 fully saturated rings. The Morgan fingerprint density at radius 3 is 2.33 bits per heavy atom. The zero-order chi connectivity index (χ0) is 3.70. The van der Waals surface area contributed by atoms with Gasteiger partial charge in [0.15, 0.2) is 0 Å². The topological polar surface area (TPSA) is 12.5 Å². The maximum Gasteiger partial charge on any atom is 2.00 e. The molecule has 30 valence electrons. The van der Waals surface area contributed by atoms with Gasteiger partial charge in [0.05, 0.1) is 18.6 Å². The number of hydrogen-bond acceptors (Lipinski definition) is 1. The fourth-order valence-corrected chi connectivity index (χ4v) is 0.335. The molecule has 0 N–H and O–H groups in total. The van der Waals surface area contributed by atoms with Gasteiger partial charge in [-0.2, -0.15) is 0 Å². The Balaban J connectivity index is 0.000000250. The fourth-order valence-electron chi connectivity index (χ4n) is 0.157. The molecule has 6 heavy (non-hydrogen) atoms. The third-order valence-electron chi connectivity index (χ3n) is 0.574. The minimum atomic E-state index is 0. The molecule has 1 aliphatic heterocycles. The van der Waals surface area contributed by atoms with Crippen LogP contribution in [0.4, 0.5) is 0 Å². The third-order valence-corrected chi connectivity index (χ3v) is 0.919. The number of halogens is 1. The largest absolute Gasteiger partial charge is 2.00 e. The van der Waals surface area contributed by atoms with E-state index in [9.17, 15) is 0 Å². The number of alkyl halides is 1. The molecule has 1 unspecified atom stereocenters. The molecule has 1 rings (SSSR count). The van der Waals surface area contributed by atoms with Gasteiger partial charge in [-0.25, -0.2) is 0 Å². The van der Waals surface area contributed by atoms with Gasteiger partial charge in [0.2, 0.25) is 0 Å². The van der Waals surface area contributed by atoms with Crippen LogP contribution in [0.1, 0.15) is 0 Å². The van der Waals surface area contributed by atoms with E-state index in [0.29, 0.717) is 12.0 Å². The smallest absolute Gasteiger partial charge is 0.372 e. The maximum absolute atomic E-state index is 5.27. The first-order valence-corrected chi connectivity index (χ1v) is 2.14. The van der Waals surface area contributed by atoms with Crippen LogP contribution in [0.3, 0.4) is 0 Å². The van der Waals surface area contributed by atoms with Crippen molar-refractivity contribution in [3.8, 4) is 0 Å². The molecule has 1 saturated heterocycles. The van der Waals surface area contributed by atoms with Crippen molar-refractivity contribution >= 4 is 34.7 Å². The molecule has 1 heterocycles. The number of hydrogen-bond donors (Lipinski definition) is 0. The van der Waals surface area contributed by atoms with Crippen LogP contribution in [0, 0.1) is 0 Å². The van der Waals surface area contributed by atoms with Gasteiger partial charge in [0, 0.05) is 0 Å². The van der Waals surface area contributed by atoms with Gasteiger partial charge in [-0.1, -0.05) is 0 Å². The van der Waals surface area contributed by atoms with Crippen molar-refractivity contribution in [2.45, 2.75) is 6.10 Å². The summed E-state index contributed by atoms with van der Waals surface area (Å²) in [6.45, 7) is 0.878. The Kier molecular flexibility index (Phi) is 3.60. The Bertz CT molecular complexity index is 37.8. The second kappa shape index (κ2) is 3.08. The normalized spacial score (nSPS) is 28.5. The van der Waals surface area contributed by atoms with Crippen LogP contribution in [-0.2, 0) is 4.74 Å². The second-order valence-corrected chi connectivity index (χ2v) is 1.42. The predicted molar refractivity (Wildman–Crippen MR) is 26.2 cm³/mol. The van der Waals surface area contributed by atoms with Crippen molar-refractivity contribution in [3.05, 3.63) is 0 Å². The fraction of sp³-hybridized carbons (Fsp3) is 1.00. The summed E-state index contributed by atoms with van der Waals surface area (Å²) < 4.78 is 4.73. The van der Waals surface area contributed by atoms with Gasteiger partial charge in [-0.15, -0.1) is 11.6 Å². The van der Waals surface area contributed by atoms with Gasteiger partial charge >= 0.3 is 23.1 Å². The molecule has 0 aromatic rings. The van der Waals surface area contributed by atoms with E-state index >= 15 is 0 Å². The summed E-state index contributed by atoms with van der Waals surface area (Å²) in [4.78, 5) is 0. The van der Waals surface area contributed by atoms with Gasteiger partial charge in [0.1, 0.15) is 0 Å². The monoisotopic (exact) mass is 116 g/mol. The molecule has 0 radical (unpaired) electrons. The molecule has 0 aromatic heterocycles. The standard InChI is InChI=1S/C3H5ClO.Mg/c4-1-3-2-5-3;/h3H,1-2H2;/q;+2. The average molecular weight is 117 g/mol. The van der Waals surface area contributed by atoms with E-state index in [1.54, 1.807) is 0 Å². The van der Waals surface area contributed by atoms with Crippen molar-refractivity contribution in [1.29, 1.82) is 0 Å². The van der Waals surface area contributed by atoms with E-state index in [-0.39, 0.29) is 23.1 Å². The van der Waals surface area contributed by atoms with Crippen molar-refractivity contribution in [1.82, 2.24) is 0 Å². The third kappa shape index (κ3) is 2.24. The maximum atomic E-state index is 5.27. The van der Waals surface area contributed by atoms with Crippen LogP contribution < -0.4 is 0 Å². The summed E-state index contributed by atoms with van der Waals surface area (Å²) in [6.07, 6.45) is 0.400. The van der Waals surface area contributed by atoms with Crippen LogP contribution in [0.2, 0.25) is 0 Å². The van der Waals surface area contributed by atoms with E-state index in [1.807, 2.05) is 0 Å². The molecule has 1 aliphatic rings. The minimum Gasteiger partial charge on any atom is -0.372 e. The van der Waals surface area contributed by atoms with Gasteiger partial charge in [0.25, 0.3) is 0 Å². The van der Waals surface area contributed by atoms with Crippen LogP contribution in [0.5, 0.6) is 0 Å². The first kappa shape index (κ1) is 7.02. The van der Waals surface area contributed by atoms with Crippen LogP contribution in [-0.4, -0.2) is 41.6 Å². The zero-order valence-corrected chi connectivity index (χ0v) is 5.66. The summed E-state index contributed by atoms with van der Waals surface area (Å²) in [6, 6.07) is 0. The quantitative estimate of drug-likeness (QED) is 0.272. The molecule has 0 saturated carbocycles. The summed E-state index contributed by atoms with van der Waals surface area (Å²) in [5.74, 6) is 0.667. The van der Waals surface area contributed by atoms with Gasteiger partial charge < -0.3 is 4.74 Å². The van der Waals surface area contributed by atoms with E-state index in [0.717, 1.165) is 6.61 Å². The minimum absolute atomic E-state index is 0. The van der Waals surface area contributed by atoms with E-state index in [4.69, 9.17) is 16.3 Å². The van der Waals surface area contributed by atoms with Crippen LogP contribution in [0.25, 0.3) is 0 Å². The first-order chi connectivity index (χ1) is 2.43. The molecule has 0 aliphatic carbocycles. The first-order valence-electron chi connectivity index (χ1n) is 1.61. The van der Waals surface area contributed by atoms with Crippen molar-refractivity contribution < 1.29 is 4.74 Å². The molecule has 0 bridgehead atoms. The number of epoxide rings is 1. The van der Waals surface area contributed by atoms with Crippen molar-refractivity contribution in [3.63, 3.8) is 0 Å². The number of rotatable bonds is 1. The molecular weight excluding hydrogens is 112 g/mol. The van der Waals surface area contributed by atoms with Crippen LogP contribution >= 0.6 is 11.6 Å². The molecule has 1 atom stereocenters. The van der Waals surface area contributed by atoms with Crippen molar-refractivity contribution in [2.75, 3.05) is 12.5 Å². The Morgan fingerprint density at radius 1 is 1.83 bits per heavy atom. The summed E-state index contributed by atoms with van der Waals surface area (Å²) in [7, 11) is 0. The van der Waals surface area contributed by atoms with E-state index < -0.39 is 0 Å². The van der Waals surface area contributed by atoms with Crippen molar-refractivity contribution in [2.24, 2.45) is 0 Å². The number of ether oxygens (including phenoxy) is 1. The SMILES string of the molecule is ClCC1CO1.[Mg+2]. The Morgan fingerprint density at radius 2 is 2.33 bits per heavy atom. The molecule has 0 spiro atoms. The molecular formula is C3H5ClMgO+2. The molecule has 3 heteroatoms.